The van der Waals surface area contributed by atoms with E-state index in [2.05, 4.69) is 10.4 Å². The highest BCUT2D eigenvalue weighted by Crippen LogP contribution is 2.43. The molecule has 170 valence electrons. The summed E-state index contributed by atoms with van der Waals surface area (Å²) >= 11 is 0. The summed E-state index contributed by atoms with van der Waals surface area (Å²) in [5.41, 5.74) is 0.724. The topological polar surface area (TPSA) is 67.2 Å². The highest BCUT2D eigenvalue weighted by atomic mass is 19.4. The van der Waals surface area contributed by atoms with Crippen molar-refractivity contribution >= 4 is 11.8 Å². The van der Waals surface area contributed by atoms with Gasteiger partial charge in [-0.15, -0.1) is 0 Å². The van der Waals surface area contributed by atoms with E-state index in [0.29, 0.717) is 42.9 Å². The van der Waals surface area contributed by atoms with Crippen LogP contribution in [0.1, 0.15) is 66.1 Å². The van der Waals surface area contributed by atoms with Crippen LogP contribution in [0.15, 0.2) is 30.5 Å². The smallest absolute Gasteiger partial charge is 0.353 e. The molecule has 0 atom stereocenters. The van der Waals surface area contributed by atoms with Crippen molar-refractivity contribution in [1.82, 2.24) is 20.0 Å². The number of likely N-dealkylation sites (tertiary alicyclic amines) is 1. The van der Waals surface area contributed by atoms with Gasteiger partial charge in [0.25, 0.3) is 5.91 Å². The van der Waals surface area contributed by atoms with E-state index in [0.717, 1.165) is 37.8 Å². The van der Waals surface area contributed by atoms with Crippen LogP contribution >= 0.6 is 0 Å². The second-order valence-electron chi connectivity index (χ2n) is 9.03. The lowest BCUT2D eigenvalue weighted by Crippen LogP contribution is -2.47. The van der Waals surface area contributed by atoms with Crippen molar-refractivity contribution in [2.24, 2.45) is 5.92 Å². The molecule has 6 nitrogen and oxygen atoms in total. The van der Waals surface area contributed by atoms with E-state index in [-0.39, 0.29) is 29.7 Å². The fraction of sp³-hybridized carbons (Fsp3) is 0.522. The Balaban J connectivity index is 1.33. The molecule has 2 aliphatic carbocycles. The molecule has 5 rings (SSSR count). The molecule has 2 saturated carbocycles. The quantitative estimate of drug-likeness (QED) is 0.758. The number of alkyl halides is 3. The number of amides is 2. The van der Waals surface area contributed by atoms with Gasteiger partial charge in [0.15, 0.2) is 0 Å². The lowest BCUT2D eigenvalue weighted by molar-refractivity contribution is -0.137. The van der Waals surface area contributed by atoms with Crippen LogP contribution in [0.2, 0.25) is 0 Å². The number of nitrogens with zero attached hydrogens (tertiary/aromatic N) is 3. The second-order valence-corrected chi connectivity index (χ2v) is 9.03. The van der Waals surface area contributed by atoms with E-state index < -0.39 is 11.7 Å². The van der Waals surface area contributed by atoms with Crippen LogP contribution in [0.5, 0.6) is 0 Å². The van der Waals surface area contributed by atoms with Gasteiger partial charge in [-0.1, -0.05) is 6.07 Å². The zero-order chi connectivity index (χ0) is 22.5. The Morgan fingerprint density at radius 3 is 2.38 bits per heavy atom. The maximum atomic E-state index is 13.3. The number of piperidine rings is 1. The van der Waals surface area contributed by atoms with E-state index in [9.17, 15) is 22.8 Å². The van der Waals surface area contributed by atoms with Crippen molar-refractivity contribution in [2.75, 3.05) is 13.1 Å². The highest BCUT2D eigenvalue weighted by molar-refractivity contribution is 5.95. The minimum atomic E-state index is -4.44. The number of benzene rings is 1. The summed E-state index contributed by atoms with van der Waals surface area (Å²) in [6.07, 6.45) is 2.14. The van der Waals surface area contributed by atoms with Crippen molar-refractivity contribution in [3.63, 3.8) is 0 Å². The van der Waals surface area contributed by atoms with Crippen LogP contribution in [0, 0.1) is 5.92 Å². The molecule has 1 aromatic heterocycles. The molecule has 0 spiro atoms. The summed E-state index contributed by atoms with van der Waals surface area (Å²) in [5, 5.41) is 7.39. The summed E-state index contributed by atoms with van der Waals surface area (Å²) in [4.78, 5) is 27.0. The molecule has 32 heavy (non-hydrogen) atoms. The fourth-order valence-corrected chi connectivity index (χ4v) is 4.35. The minimum absolute atomic E-state index is 0.0860. The largest absolute Gasteiger partial charge is 0.416 e. The molecule has 9 heteroatoms. The molecule has 2 heterocycles. The molecule has 2 aromatic rings. The molecule has 3 aliphatic rings. The number of halogens is 3. The predicted molar refractivity (Wildman–Crippen MR) is 110 cm³/mol. The van der Waals surface area contributed by atoms with Crippen molar-refractivity contribution in [3.05, 3.63) is 47.3 Å². The van der Waals surface area contributed by atoms with Crippen molar-refractivity contribution in [3.8, 4) is 5.69 Å². The lowest BCUT2D eigenvalue weighted by Gasteiger charge is -2.32. The molecule has 1 aromatic carbocycles. The third-order valence-corrected chi connectivity index (χ3v) is 6.50. The monoisotopic (exact) mass is 446 g/mol. The van der Waals surface area contributed by atoms with Crippen LogP contribution < -0.4 is 5.32 Å². The molecule has 1 aliphatic heterocycles. The molecule has 0 bridgehead atoms. The molecule has 0 radical (unpaired) electrons. The van der Waals surface area contributed by atoms with E-state index in [4.69, 9.17) is 0 Å². The normalized spacial score (nSPS) is 19.8. The fourth-order valence-electron chi connectivity index (χ4n) is 4.35. The van der Waals surface area contributed by atoms with Crippen LogP contribution in [0.4, 0.5) is 13.2 Å². The van der Waals surface area contributed by atoms with Gasteiger partial charge in [-0.2, -0.15) is 18.3 Å². The third-order valence-electron chi connectivity index (χ3n) is 6.50. The predicted octanol–water partition coefficient (Wildman–Crippen LogP) is 3.90. The van der Waals surface area contributed by atoms with Crippen LogP contribution in [-0.4, -0.2) is 45.6 Å². The van der Waals surface area contributed by atoms with E-state index in [1.54, 1.807) is 11.0 Å². The van der Waals surface area contributed by atoms with Gasteiger partial charge in [-0.05, 0) is 56.7 Å². The SMILES string of the molecule is O=C(NC1CCN(C(=O)c2cnn(-c3cccc(C(F)(F)F)c3)c2C2CC2)CC1)C1CC1. The zero-order valence-corrected chi connectivity index (χ0v) is 17.6. The number of carbonyl (C=O) groups is 2. The molecule has 2 amide bonds. The first kappa shape index (κ1) is 21.0. The number of carbonyl (C=O) groups excluding carboxylic acids is 2. The van der Waals surface area contributed by atoms with Crippen LogP contribution in [0.25, 0.3) is 5.69 Å². The average Bonchev–Trinajstić information content (AvgIpc) is 3.71. The number of nitrogens with one attached hydrogen (secondary N) is 1. The summed E-state index contributed by atoms with van der Waals surface area (Å²) in [5.74, 6) is 0.268. The minimum Gasteiger partial charge on any atom is -0.353 e. The Hall–Kier alpha value is -2.84. The van der Waals surface area contributed by atoms with Gasteiger partial charge in [-0.25, -0.2) is 4.68 Å². The summed E-state index contributed by atoms with van der Waals surface area (Å²) < 4.78 is 41.0. The Morgan fingerprint density at radius 1 is 1.03 bits per heavy atom. The second kappa shape index (κ2) is 7.94. The van der Waals surface area contributed by atoms with Crippen molar-refractivity contribution in [1.29, 1.82) is 0 Å². The number of hydrogen-bond donors (Lipinski definition) is 1. The Bertz CT molecular complexity index is 1030. The molecular formula is C23H25F3N4O2. The molecule has 1 saturated heterocycles. The van der Waals surface area contributed by atoms with Gasteiger partial charge < -0.3 is 10.2 Å². The average molecular weight is 446 g/mol. The number of rotatable bonds is 5. The van der Waals surface area contributed by atoms with E-state index in [1.807, 2.05) is 0 Å². The third kappa shape index (κ3) is 4.25. The molecule has 0 unspecified atom stereocenters. The summed E-state index contributed by atoms with van der Waals surface area (Å²) in [6, 6.07) is 5.13. The Kier molecular flexibility index (Phi) is 5.22. The van der Waals surface area contributed by atoms with Gasteiger partial charge in [0, 0.05) is 31.0 Å². The Morgan fingerprint density at radius 2 is 1.75 bits per heavy atom. The van der Waals surface area contributed by atoms with Gasteiger partial charge >= 0.3 is 6.18 Å². The van der Waals surface area contributed by atoms with Gasteiger partial charge in [0.05, 0.1) is 28.7 Å². The first-order chi connectivity index (χ1) is 15.3. The first-order valence-corrected chi connectivity index (χ1v) is 11.2. The standard InChI is InChI=1S/C23H25F3N4O2/c24-23(25,26)16-2-1-3-18(12-16)30-20(14-4-5-14)19(13-27-30)22(32)29-10-8-17(9-11-29)28-21(31)15-6-7-15/h1-3,12-15,17H,4-11H2,(H,28,31). The van der Waals surface area contributed by atoms with Gasteiger partial charge in [0.2, 0.25) is 5.91 Å². The number of aromatic nitrogens is 2. The first-order valence-electron chi connectivity index (χ1n) is 11.2. The summed E-state index contributed by atoms with van der Waals surface area (Å²) in [6.45, 7) is 1.07. The molecule has 3 fully saturated rings. The molecule has 1 N–H and O–H groups in total. The Labute approximate surface area is 183 Å². The molecular weight excluding hydrogens is 421 g/mol. The maximum absolute atomic E-state index is 13.3. The van der Waals surface area contributed by atoms with Crippen molar-refractivity contribution in [2.45, 2.75) is 56.7 Å². The maximum Gasteiger partial charge on any atom is 0.416 e. The van der Waals surface area contributed by atoms with Crippen LogP contribution in [0.3, 0.4) is 0 Å². The zero-order valence-electron chi connectivity index (χ0n) is 17.6. The lowest BCUT2D eigenvalue weighted by atomic mass is 10.0. The van der Waals surface area contributed by atoms with Crippen molar-refractivity contribution < 1.29 is 22.8 Å². The summed E-state index contributed by atoms with van der Waals surface area (Å²) in [7, 11) is 0. The van der Waals surface area contributed by atoms with E-state index in [1.165, 1.54) is 16.9 Å². The van der Waals surface area contributed by atoms with E-state index >= 15 is 0 Å². The van der Waals surface area contributed by atoms with Crippen LogP contribution in [-0.2, 0) is 11.0 Å². The highest BCUT2D eigenvalue weighted by Gasteiger charge is 2.37. The number of hydrogen-bond acceptors (Lipinski definition) is 3. The van der Waals surface area contributed by atoms with Gasteiger partial charge in [0.1, 0.15) is 0 Å². The van der Waals surface area contributed by atoms with Gasteiger partial charge in [-0.3, -0.25) is 9.59 Å².